The van der Waals surface area contributed by atoms with Crippen LogP contribution in [0.4, 0.5) is 0 Å². The molecule has 3 nitrogen and oxygen atoms in total. The lowest BCUT2D eigenvalue weighted by Crippen LogP contribution is -2.19. The van der Waals surface area contributed by atoms with Gasteiger partial charge in [-0.3, -0.25) is 0 Å². The number of aromatic nitrogens is 2. The van der Waals surface area contributed by atoms with E-state index < -0.39 is 0 Å². The van der Waals surface area contributed by atoms with Crippen molar-refractivity contribution in [1.82, 2.24) is 14.9 Å². The van der Waals surface area contributed by atoms with Gasteiger partial charge >= 0.3 is 0 Å². The maximum Gasteiger partial charge on any atom is 0.128 e. The molecule has 0 aliphatic heterocycles. The monoisotopic (exact) mass is 241 g/mol. The summed E-state index contributed by atoms with van der Waals surface area (Å²) in [7, 11) is 1.95. The predicted molar refractivity (Wildman–Crippen MR) is 66.5 cm³/mol. The summed E-state index contributed by atoms with van der Waals surface area (Å²) in [4.78, 5) is 4.25. The van der Waals surface area contributed by atoms with Crippen LogP contribution in [0.15, 0.2) is 6.20 Å². The van der Waals surface area contributed by atoms with Crippen LogP contribution in [0.2, 0.25) is 5.15 Å². The zero-order valence-corrected chi connectivity index (χ0v) is 10.6. The van der Waals surface area contributed by atoms with E-state index in [0.717, 1.165) is 24.8 Å². The Morgan fingerprint density at radius 2 is 2.25 bits per heavy atom. The summed E-state index contributed by atoms with van der Waals surface area (Å²) >= 11 is 5.92. The molecule has 0 amide bonds. The molecule has 1 fully saturated rings. The fourth-order valence-corrected chi connectivity index (χ4v) is 2.54. The van der Waals surface area contributed by atoms with Crippen molar-refractivity contribution >= 4 is 11.6 Å². The van der Waals surface area contributed by atoms with Gasteiger partial charge in [-0.25, -0.2) is 4.98 Å². The molecule has 1 aromatic heterocycles. The molecule has 0 radical (unpaired) electrons. The van der Waals surface area contributed by atoms with Crippen LogP contribution in [0.25, 0.3) is 0 Å². The second kappa shape index (κ2) is 5.69. The lowest BCUT2D eigenvalue weighted by atomic mass is 10.0. The summed E-state index contributed by atoms with van der Waals surface area (Å²) in [5, 5.41) is 4.14. The summed E-state index contributed by atoms with van der Waals surface area (Å²) in [5.41, 5.74) is 0. The molecule has 0 saturated heterocycles. The van der Waals surface area contributed by atoms with Gasteiger partial charge in [-0.05, 0) is 18.9 Å². The van der Waals surface area contributed by atoms with Crippen molar-refractivity contribution < 1.29 is 0 Å². The maximum absolute atomic E-state index is 5.92. The molecule has 1 aliphatic carbocycles. The molecule has 0 spiro atoms. The summed E-state index contributed by atoms with van der Waals surface area (Å²) < 4.78 is 1.92. The van der Waals surface area contributed by atoms with Gasteiger partial charge in [0.25, 0.3) is 0 Å². The van der Waals surface area contributed by atoms with E-state index in [4.69, 9.17) is 11.6 Å². The average molecular weight is 242 g/mol. The summed E-state index contributed by atoms with van der Waals surface area (Å²) in [5.74, 6) is 1.97. The van der Waals surface area contributed by atoms with Crippen LogP contribution >= 0.6 is 11.6 Å². The Morgan fingerprint density at radius 1 is 1.50 bits per heavy atom. The van der Waals surface area contributed by atoms with Crippen molar-refractivity contribution in [2.45, 2.75) is 38.6 Å². The number of imidazole rings is 1. The standard InChI is InChI=1S/C12H20ClN3/c1-16-11(13)8-15-12(16)9-14-7-6-10-4-2-3-5-10/h8,10,14H,2-7,9H2,1H3. The van der Waals surface area contributed by atoms with Gasteiger partial charge in [0.2, 0.25) is 0 Å². The average Bonchev–Trinajstić information content (AvgIpc) is 2.88. The van der Waals surface area contributed by atoms with E-state index in [1.165, 1.54) is 32.1 Å². The van der Waals surface area contributed by atoms with Gasteiger partial charge in [-0.1, -0.05) is 37.3 Å². The van der Waals surface area contributed by atoms with Gasteiger partial charge in [0.15, 0.2) is 0 Å². The normalized spacial score (nSPS) is 17.1. The van der Waals surface area contributed by atoms with E-state index in [-0.39, 0.29) is 0 Å². The molecule has 4 heteroatoms. The number of halogens is 1. The maximum atomic E-state index is 5.92. The van der Waals surface area contributed by atoms with Crippen molar-refractivity contribution in [2.24, 2.45) is 13.0 Å². The highest BCUT2D eigenvalue weighted by molar-refractivity contribution is 6.29. The second-order valence-corrected chi connectivity index (χ2v) is 5.06. The minimum absolute atomic E-state index is 0.701. The molecule has 1 saturated carbocycles. The highest BCUT2D eigenvalue weighted by atomic mass is 35.5. The van der Waals surface area contributed by atoms with Crippen LogP contribution in [0.1, 0.15) is 37.9 Å². The van der Waals surface area contributed by atoms with Crippen LogP contribution in [0.3, 0.4) is 0 Å². The smallest absolute Gasteiger partial charge is 0.128 e. The Bertz CT molecular complexity index is 329. The van der Waals surface area contributed by atoms with Gasteiger partial charge in [-0.15, -0.1) is 0 Å². The van der Waals surface area contributed by atoms with E-state index >= 15 is 0 Å². The lowest BCUT2D eigenvalue weighted by molar-refractivity contribution is 0.473. The van der Waals surface area contributed by atoms with Crippen LogP contribution in [-0.4, -0.2) is 16.1 Å². The van der Waals surface area contributed by atoms with Crippen LogP contribution in [0.5, 0.6) is 0 Å². The molecule has 16 heavy (non-hydrogen) atoms. The van der Waals surface area contributed by atoms with E-state index in [1.807, 2.05) is 11.6 Å². The van der Waals surface area contributed by atoms with Gasteiger partial charge in [0, 0.05) is 7.05 Å². The number of nitrogens with zero attached hydrogens (tertiary/aromatic N) is 2. The highest BCUT2D eigenvalue weighted by Crippen LogP contribution is 2.26. The molecule has 0 bridgehead atoms. The molecule has 2 rings (SSSR count). The van der Waals surface area contributed by atoms with E-state index in [0.29, 0.717) is 5.15 Å². The summed E-state index contributed by atoms with van der Waals surface area (Å²) in [6, 6.07) is 0. The Balaban J connectivity index is 1.66. The van der Waals surface area contributed by atoms with Crippen LogP contribution in [0, 0.1) is 5.92 Å². The molecule has 0 aromatic carbocycles. The SMILES string of the molecule is Cn1c(Cl)cnc1CNCCC1CCCC1. The van der Waals surface area contributed by atoms with E-state index in [1.54, 1.807) is 6.20 Å². The van der Waals surface area contributed by atoms with Gasteiger partial charge in [-0.2, -0.15) is 0 Å². The molecular formula is C12H20ClN3. The third kappa shape index (κ3) is 2.98. The Kier molecular flexibility index (Phi) is 4.24. The molecule has 0 atom stereocenters. The van der Waals surface area contributed by atoms with Crippen LogP contribution in [-0.2, 0) is 13.6 Å². The molecule has 90 valence electrons. The minimum atomic E-state index is 0.701. The number of hydrogen-bond donors (Lipinski definition) is 1. The molecule has 1 aliphatic rings. The second-order valence-electron chi connectivity index (χ2n) is 4.67. The first-order valence-electron chi connectivity index (χ1n) is 6.14. The summed E-state index contributed by atoms with van der Waals surface area (Å²) in [6.45, 7) is 1.91. The lowest BCUT2D eigenvalue weighted by Gasteiger charge is -2.09. The predicted octanol–water partition coefficient (Wildman–Crippen LogP) is 2.74. The highest BCUT2D eigenvalue weighted by Gasteiger charge is 2.14. The Hall–Kier alpha value is -0.540. The first-order valence-corrected chi connectivity index (χ1v) is 6.52. The van der Waals surface area contributed by atoms with Crippen molar-refractivity contribution in [3.8, 4) is 0 Å². The zero-order valence-electron chi connectivity index (χ0n) is 9.88. The summed E-state index contributed by atoms with van der Waals surface area (Å²) in [6.07, 6.45) is 8.72. The third-order valence-electron chi connectivity index (χ3n) is 3.51. The molecular weight excluding hydrogens is 222 g/mol. The fraction of sp³-hybridized carbons (Fsp3) is 0.750. The van der Waals surface area contributed by atoms with E-state index in [2.05, 4.69) is 10.3 Å². The quantitative estimate of drug-likeness (QED) is 0.804. The van der Waals surface area contributed by atoms with Gasteiger partial charge < -0.3 is 9.88 Å². The fourth-order valence-electron chi connectivity index (χ4n) is 2.39. The first kappa shape index (κ1) is 11.9. The minimum Gasteiger partial charge on any atom is -0.321 e. The molecule has 0 unspecified atom stereocenters. The number of nitrogens with one attached hydrogen (secondary N) is 1. The van der Waals surface area contributed by atoms with Crippen molar-refractivity contribution in [3.63, 3.8) is 0 Å². The number of hydrogen-bond acceptors (Lipinski definition) is 2. The molecule has 1 heterocycles. The van der Waals surface area contributed by atoms with Crippen molar-refractivity contribution in [1.29, 1.82) is 0 Å². The van der Waals surface area contributed by atoms with E-state index in [9.17, 15) is 0 Å². The van der Waals surface area contributed by atoms with Crippen molar-refractivity contribution in [2.75, 3.05) is 6.54 Å². The zero-order chi connectivity index (χ0) is 11.4. The Labute approximate surface area is 102 Å². The van der Waals surface area contributed by atoms with Crippen LogP contribution < -0.4 is 5.32 Å². The van der Waals surface area contributed by atoms with Crippen molar-refractivity contribution in [3.05, 3.63) is 17.2 Å². The van der Waals surface area contributed by atoms with Gasteiger partial charge in [0.05, 0.1) is 12.7 Å². The largest absolute Gasteiger partial charge is 0.321 e. The molecule has 1 aromatic rings. The molecule has 1 N–H and O–H groups in total. The first-order chi connectivity index (χ1) is 7.77. The number of rotatable bonds is 5. The topological polar surface area (TPSA) is 29.9 Å². The Morgan fingerprint density at radius 3 is 2.88 bits per heavy atom. The third-order valence-corrected chi connectivity index (χ3v) is 3.87. The van der Waals surface area contributed by atoms with Gasteiger partial charge in [0.1, 0.15) is 11.0 Å².